The van der Waals surface area contributed by atoms with Crippen LogP contribution in [0.5, 0.6) is 5.75 Å². The maximum Gasteiger partial charge on any atom is 0.247 e. The quantitative estimate of drug-likeness (QED) is 0.684. The summed E-state index contributed by atoms with van der Waals surface area (Å²) in [7, 11) is -3.69. The summed E-state index contributed by atoms with van der Waals surface area (Å²) in [5.74, 6) is 0.244. The number of hydrogen-bond donors (Lipinski definition) is 3. The predicted octanol–water partition coefficient (Wildman–Crippen LogP) is 2.27. The number of nitrogens with two attached hydrogens (primary N) is 1. The smallest absolute Gasteiger partial charge is 0.247 e. The van der Waals surface area contributed by atoms with E-state index >= 15 is 0 Å². The minimum Gasteiger partial charge on any atom is -0.508 e. The van der Waals surface area contributed by atoms with Crippen LogP contribution in [0.3, 0.4) is 0 Å². The molecule has 2 heterocycles. The molecular formula is C15H19N3O3S3. The molecule has 0 aliphatic carbocycles. The van der Waals surface area contributed by atoms with Crippen LogP contribution in [0.15, 0.2) is 38.8 Å². The zero-order valence-electron chi connectivity index (χ0n) is 13.1. The van der Waals surface area contributed by atoms with Crippen molar-refractivity contribution in [2.45, 2.75) is 27.9 Å². The van der Waals surface area contributed by atoms with E-state index in [4.69, 9.17) is 5.14 Å². The lowest BCUT2D eigenvalue weighted by atomic mass is 10.1. The van der Waals surface area contributed by atoms with Gasteiger partial charge in [0.1, 0.15) is 9.96 Å². The average molecular weight is 386 g/mol. The molecule has 1 aromatic heterocycles. The van der Waals surface area contributed by atoms with E-state index in [1.165, 1.54) is 11.3 Å². The van der Waals surface area contributed by atoms with Crippen LogP contribution in [-0.4, -0.2) is 30.9 Å². The SMILES string of the molecule is CCN[C@H]1CN(Cc2ccc(O)cc2)Sc2sc(S(N)(=O)=O)cc21. The van der Waals surface area contributed by atoms with Crippen LogP contribution in [0.2, 0.25) is 0 Å². The van der Waals surface area contributed by atoms with E-state index in [9.17, 15) is 13.5 Å². The van der Waals surface area contributed by atoms with Crippen LogP contribution in [0.1, 0.15) is 24.1 Å². The van der Waals surface area contributed by atoms with Gasteiger partial charge in [0.05, 0.1) is 4.21 Å². The molecule has 24 heavy (non-hydrogen) atoms. The molecule has 130 valence electrons. The largest absolute Gasteiger partial charge is 0.508 e. The molecule has 1 atom stereocenters. The van der Waals surface area contributed by atoms with Gasteiger partial charge < -0.3 is 10.4 Å². The molecule has 1 aromatic carbocycles. The molecule has 2 aromatic rings. The summed E-state index contributed by atoms with van der Waals surface area (Å²) in [5.41, 5.74) is 2.08. The number of benzene rings is 1. The van der Waals surface area contributed by atoms with Crippen molar-refractivity contribution in [1.82, 2.24) is 9.62 Å². The van der Waals surface area contributed by atoms with Gasteiger partial charge in [-0.1, -0.05) is 19.1 Å². The first kappa shape index (κ1) is 17.7. The summed E-state index contributed by atoms with van der Waals surface area (Å²) in [6.45, 7) is 4.28. The number of aromatic hydroxyl groups is 1. The van der Waals surface area contributed by atoms with Crippen LogP contribution in [-0.2, 0) is 16.6 Å². The Morgan fingerprint density at radius 1 is 1.38 bits per heavy atom. The fraction of sp³-hybridized carbons (Fsp3) is 0.333. The monoisotopic (exact) mass is 385 g/mol. The Morgan fingerprint density at radius 2 is 2.08 bits per heavy atom. The molecular weight excluding hydrogens is 366 g/mol. The first-order valence-corrected chi connectivity index (χ1v) is 10.6. The van der Waals surface area contributed by atoms with E-state index in [-0.39, 0.29) is 16.0 Å². The van der Waals surface area contributed by atoms with E-state index in [1.807, 2.05) is 19.1 Å². The second-order valence-electron chi connectivity index (χ2n) is 5.54. The lowest BCUT2D eigenvalue weighted by Crippen LogP contribution is -2.34. The van der Waals surface area contributed by atoms with Gasteiger partial charge in [0.2, 0.25) is 10.0 Å². The maximum absolute atomic E-state index is 11.6. The number of fused-ring (bicyclic) bond motifs is 1. The summed E-state index contributed by atoms with van der Waals surface area (Å²) >= 11 is 2.77. The lowest BCUT2D eigenvalue weighted by molar-refractivity contribution is 0.375. The van der Waals surface area contributed by atoms with Crippen LogP contribution in [0.4, 0.5) is 0 Å². The van der Waals surface area contributed by atoms with Gasteiger partial charge in [0, 0.05) is 19.1 Å². The number of phenols is 1. The van der Waals surface area contributed by atoms with Crippen LogP contribution < -0.4 is 10.5 Å². The fourth-order valence-electron chi connectivity index (χ4n) is 2.60. The molecule has 1 aliphatic heterocycles. The number of thiophene rings is 1. The highest BCUT2D eigenvalue weighted by Crippen LogP contribution is 2.44. The first-order valence-electron chi connectivity index (χ1n) is 7.47. The maximum atomic E-state index is 11.6. The van der Waals surface area contributed by atoms with Crippen molar-refractivity contribution in [3.8, 4) is 5.75 Å². The number of primary sulfonamides is 1. The van der Waals surface area contributed by atoms with Crippen molar-refractivity contribution >= 4 is 33.3 Å². The first-order chi connectivity index (χ1) is 11.4. The van der Waals surface area contributed by atoms with E-state index in [1.54, 1.807) is 30.1 Å². The van der Waals surface area contributed by atoms with Crippen LogP contribution >= 0.6 is 23.3 Å². The molecule has 3 rings (SSSR count). The Hall–Kier alpha value is -1.10. The third-order valence-electron chi connectivity index (χ3n) is 3.70. The average Bonchev–Trinajstić information content (AvgIpc) is 2.94. The molecule has 0 saturated heterocycles. The number of phenolic OH excluding ortho intramolecular Hbond substituents is 1. The van der Waals surface area contributed by atoms with Crippen molar-refractivity contribution in [3.63, 3.8) is 0 Å². The number of nitrogens with zero attached hydrogens (tertiary/aromatic N) is 1. The number of rotatable bonds is 5. The van der Waals surface area contributed by atoms with Gasteiger partial charge in [-0.2, -0.15) is 0 Å². The summed E-state index contributed by atoms with van der Waals surface area (Å²) in [4.78, 5) is 0. The standard InChI is InChI=1S/C15H19N3O3S3/c1-2-17-13-9-18(8-10-3-5-11(19)6-4-10)23-15-12(13)7-14(22-15)24(16,20)21/h3-7,13,17,19H,2,8-9H2,1H3,(H2,16,20,21)/t13-/m0/s1. The second-order valence-corrected chi connectivity index (χ2v) is 9.75. The molecule has 0 bridgehead atoms. The van der Waals surface area contributed by atoms with Crippen LogP contribution in [0, 0.1) is 0 Å². The Balaban J connectivity index is 1.85. The van der Waals surface area contributed by atoms with Crippen LogP contribution in [0.25, 0.3) is 0 Å². The van der Waals surface area contributed by atoms with E-state index in [0.717, 1.165) is 28.4 Å². The number of nitrogens with one attached hydrogen (secondary N) is 1. The fourth-order valence-corrected chi connectivity index (χ4v) is 6.16. The molecule has 0 spiro atoms. The Kier molecular flexibility index (Phi) is 5.19. The summed E-state index contributed by atoms with van der Waals surface area (Å²) in [6.07, 6.45) is 0. The molecule has 6 nitrogen and oxygen atoms in total. The van der Waals surface area contributed by atoms with Gasteiger partial charge in [-0.05, 0) is 47.8 Å². The third kappa shape index (κ3) is 3.93. The molecule has 0 amide bonds. The van der Waals surface area contributed by atoms with Crippen molar-refractivity contribution in [3.05, 3.63) is 41.5 Å². The van der Waals surface area contributed by atoms with Gasteiger partial charge >= 0.3 is 0 Å². The Morgan fingerprint density at radius 3 is 2.71 bits per heavy atom. The highest BCUT2D eigenvalue weighted by molar-refractivity contribution is 7.99. The van der Waals surface area contributed by atoms with Gasteiger partial charge in [-0.3, -0.25) is 0 Å². The predicted molar refractivity (Wildman–Crippen MR) is 96.5 cm³/mol. The van der Waals surface area contributed by atoms with Gasteiger partial charge in [0.25, 0.3) is 0 Å². The number of likely N-dealkylation sites (N-methyl/N-ethyl adjacent to an activating group) is 1. The lowest BCUT2D eigenvalue weighted by Gasteiger charge is -2.32. The van der Waals surface area contributed by atoms with Crippen molar-refractivity contribution < 1.29 is 13.5 Å². The van der Waals surface area contributed by atoms with E-state index in [2.05, 4.69) is 9.62 Å². The molecule has 0 radical (unpaired) electrons. The molecule has 0 unspecified atom stereocenters. The van der Waals surface area contributed by atoms with E-state index in [0.29, 0.717) is 6.54 Å². The van der Waals surface area contributed by atoms with Gasteiger partial charge in [0.15, 0.2) is 0 Å². The van der Waals surface area contributed by atoms with Crippen molar-refractivity contribution in [2.75, 3.05) is 13.1 Å². The second kappa shape index (κ2) is 7.03. The minimum atomic E-state index is -3.69. The normalized spacial score (nSPS) is 18.5. The molecule has 4 N–H and O–H groups in total. The van der Waals surface area contributed by atoms with Crippen molar-refractivity contribution in [1.29, 1.82) is 0 Å². The molecule has 0 fully saturated rings. The van der Waals surface area contributed by atoms with E-state index < -0.39 is 10.0 Å². The van der Waals surface area contributed by atoms with Gasteiger partial charge in [-0.25, -0.2) is 17.9 Å². The highest BCUT2D eigenvalue weighted by Gasteiger charge is 2.30. The topological polar surface area (TPSA) is 95.7 Å². The Labute approximate surface area is 149 Å². The summed E-state index contributed by atoms with van der Waals surface area (Å²) in [5, 5.41) is 18.1. The number of hydrogen-bond acceptors (Lipinski definition) is 7. The van der Waals surface area contributed by atoms with Crippen molar-refractivity contribution in [2.24, 2.45) is 5.14 Å². The zero-order chi connectivity index (χ0) is 17.3. The number of sulfonamides is 1. The summed E-state index contributed by atoms with van der Waals surface area (Å²) < 4.78 is 26.6. The zero-order valence-corrected chi connectivity index (χ0v) is 15.5. The van der Waals surface area contributed by atoms with Gasteiger partial charge in [-0.15, -0.1) is 11.3 Å². The summed E-state index contributed by atoms with van der Waals surface area (Å²) in [6, 6.07) is 8.86. The third-order valence-corrected chi connectivity index (χ3v) is 7.48. The highest BCUT2D eigenvalue weighted by atomic mass is 32.3. The molecule has 9 heteroatoms. The molecule has 1 aliphatic rings. The molecule has 0 saturated carbocycles. The Bertz CT molecular complexity index is 818. The minimum absolute atomic E-state index is 0.0649.